The fourth-order valence-corrected chi connectivity index (χ4v) is 4.71. The summed E-state index contributed by atoms with van der Waals surface area (Å²) in [6, 6.07) is 6.02. The lowest BCUT2D eigenvalue weighted by Crippen LogP contribution is -2.30. The Morgan fingerprint density at radius 1 is 1.25 bits per heavy atom. The predicted octanol–water partition coefficient (Wildman–Crippen LogP) is 1.24. The standard InChI is InChI=1S/C18H20FN3O5S/c19-17-14-8-13(27-10-11-3-5-20-6-4-11)2-1-12(14)7-15(23)18(17)22-9-16(24)21-28(22,25)26/h1-2,7-8,11,20,23H,3-6,9-10H2,(H,21,24). The van der Waals surface area contributed by atoms with Gasteiger partial charge in [-0.2, -0.15) is 8.42 Å². The highest BCUT2D eigenvalue weighted by Gasteiger charge is 2.37. The molecule has 10 heteroatoms. The van der Waals surface area contributed by atoms with E-state index >= 15 is 4.39 Å². The highest BCUT2D eigenvalue weighted by Crippen LogP contribution is 2.39. The van der Waals surface area contributed by atoms with Gasteiger partial charge in [0.2, 0.25) is 0 Å². The van der Waals surface area contributed by atoms with E-state index in [0.29, 0.717) is 28.0 Å². The first kappa shape index (κ1) is 18.8. The number of amides is 1. The van der Waals surface area contributed by atoms with E-state index in [0.717, 1.165) is 25.9 Å². The van der Waals surface area contributed by atoms with E-state index in [1.807, 2.05) is 0 Å². The molecule has 2 aromatic rings. The number of ether oxygens (including phenoxy) is 1. The Bertz CT molecular complexity index is 1040. The van der Waals surface area contributed by atoms with Crippen LogP contribution in [0.3, 0.4) is 0 Å². The molecular formula is C18H20FN3O5S. The molecule has 28 heavy (non-hydrogen) atoms. The van der Waals surface area contributed by atoms with Gasteiger partial charge in [-0.05, 0) is 55.4 Å². The van der Waals surface area contributed by atoms with Gasteiger partial charge in [0.1, 0.15) is 23.7 Å². The van der Waals surface area contributed by atoms with Crippen LogP contribution in [-0.4, -0.2) is 45.7 Å². The van der Waals surface area contributed by atoms with Gasteiger partial charge in [0.25, 0.3) is 5.91 Å². The van der Waals surface area contributed by atoms with Crippen molar-refractivity contribution in [1.29, 1.82) is 0 Å². The molecule has 0 aromatic heterocycles. The van der Waals surface area contributed by atoms with Crippen LogP contribution in [0.2, 0.25) is 0 Å². The summed E-state index contributed by atoms with van der Waals surface area (Å²) in [5, 5.41) is 14.0. The topological polar surface area (TPSA) is 108 Å². The van der Waals surface area contributed by atoms with E-state index in [4.69, 9.17) is 4.74 Å². The van der Waals surface area contributed by atoms with E-state index in [1.54, 1.807) is 16.9 Å². The summed E-state index contributed by atoms with van der Waals surface area (Å²) in [6.07, 6.45) is 2.02. The highest BCUT2D eigenvalue weighted by atomic mass is 32.2. The quantitative estimate of drug-likeness (QED) is 0.701. The van der Waals surface area contributed by atoms with Crippen molar-refractivity contribution in [3.8, 4) is 11.5 Å². The minimum Gasteiger partial charge on any atom is -0.506 e. The number of carbonyl (C=O) groups is 1. The lowest BCUT2D eigenvalue weighted by atomic mass is 9.99. The van der Waals surface area contributed by atoms with Gasteiger partial charge in [0.15, 0.2) is 5.82 Å². The van der Waals surface area contributed by atoms with Crippen LogP contribution < -0.4 is 19.1 Å². The first-order valence-electron chi connectivity index (χ1n) is 8.97. The summed E-state index contributed by atoms with van der Waals surface area (Å²) in [4.78, 5) is 11.5. The maximum Gasteiger partial charge on any atom is 0.326 e. The number of anilines is 1. The largest absolute Gasteiger partial charge is 0.506 e. The molecule has 0 radical (unpaired) electrons. The van der Waals surface area contributed by atoms with Crippen molar-refractivity contribution in [3.63, 3.8) is 0 Å². The summed E-state index contributed by atoms with van der Waals surface area (Å²) >= 11 is 0. The third kappa shape index (κ3) is 3.45. The normalized spacial score (nSPS) is 19.8. The maximum atomic E-state index is 15.2. The van der Waals surface area contributed by atoms with Crippen LogP contribution in [0.4, 0.5) is 10.1 Å². The Morgan fingerprint density at radius 3 is 2.68 bits per heavy atom. The molecule has 4 rings (SSSR count). The second kappa shape index (κ2) is 7.10. The molecule has 2 aromatic carbocycles. The van der Waals surface area contributed by atoms with Crippen molar-refractivity contribution < 1.29 is 27.4 Å². The number of nitrogens with zero attached hydrogens (tertiary/aromatic N) is 1. The van der Waals surface area contributed by atoms with Crippen LogP contribution in [0.5, 0.6) is 11.5 Å². The SMILES string of the molecule is O=C1CN(c2c(O)cc3ccc(OCC4CCNCC4)cc3c2F)S(=O)(=O)N1. The van der Waals surface area contributed by atoms with Crippen LogP contribution >= 0.6 is 0 Å². The van der Waals surface area contributed by atoms with E-state index in [2.05, 4.69) is 5.32 Å². The van der Waals surface area contributed by atoms with Gasteiger partial charge in [-0.25, -0.2) is 13.4 Å². The average molecular weight is 409 g/mol. The van der Waals surface area contributed by atoms with Crippen molar-refractivity contribution in [2.75, 3.05) is 30.5 Å². The molecule has 1 amide bonds. The molecule has 3 N–H and O–H groups in total. The molecule has 0 bridgehead atoms. The van der Waals surface area contributed by atoms with E-state index in [1.165, 1.54) is 12.1 Å². The summed E-state index contributed by atoms with van der Waals surface area (Å²) in [5.41, 5.74) is -0.554. The molecule has 0 atom stereocenters. The lowest BCUT2D eigenvalue weighted by molar-refractivity contribution is -0.117. The number of fused-ring (bicyclic) bond motifs is 1. The van der Waals surface area contributed by atoms with E-state index in [9.17, 15) is 18.3 Å². The van der Waals surface area contributed by atoms with Crippen molar-refractivity contribution in [1.82, 2.24) is 10.0 Å². The van der Waals surface area contributed by atoms with Gasteiger partial charge in [0, 0.05) is 5.39 Å². The summed E-state index contributed by atoms with van der Waals surface area (Å²) in [5.74, 6) is -1.40. The third-order valence-corrected chi connectivity index (χ3v) is 6.40. The zero-order valence-electron chi connectivity index (χ0n) is 14.9. The van der Waals surface area contributed by atoms with Gasteiger partial charge < -0.3 is 15.2 Å². The molecule has 0 aliphatic carbocycles. The van der Waals surface area contributed by atoms with Crippen molar-refractivity contribution in [2.24, 2.45) is 5.92 Å². The summed E-state index contributed by atoms with van der Waals surface area (Å²) in [6.45, 7) is 1.81. The highest BCUT2D eigenvalue weighted by molar-refractivity contribution is 7.92. The Labute approximate surface area is 161 Å². The number of halogens is 1. The minimum atomic E-state index is -4.24. The first-order valence-corrected chi connectivity index (χ1v) is 10.4. The molecule has 2 aliphatic rings. The van der Waals surface area contributed by atoms with Crippen LogP contribution in [-0.2, 0) is 15.0 Å². The van der Waals surface area contributed by atoms with Gasteiger partial charge >= 0.3 is 10.2 Å². The molecule has 2 saturated heterocycles. The molecule has 2 fully saturated rings. The number of carbonyl (C=O) groups excluding carboxylic acids is 1. The zero-order chi connectivity index (χ0) is 19.9. The van der Waals surface area contributed by atoms with Crippen LogP contribution in [0, 0.1) is 11.7 Å². The Kier molecular flexibility index (Phi) is 4.76. The van der Waals surface area contributed by atoms with Crippen molar-refractivity contribution >= 4 is 32.6 Å². The van der Waals surface area contributed by atoms with Crippen molar-refractivity contribution in [3.05, 3.63) is 30.1 Å². The second-order valence-corrected chi connectivity index (χ2v) is 8.58. The van der Waals surface area contributed by atoms with Gasteiger partial charge in [-0.1, -0.05) is 6.07 Å². The maximum absolute atomic E-state index is 15.2. The molecule has 0 saturated carbocycles. The predicted molar refractivity (Wildman–Crippen MR) is 101 cm³/mol. The van der Waals surface area contributed by atoms with Gasteiger partial charge in [0.05, 0.1) is 6.61 Å². The number of benzene rings is 2. The fourth-order valence-electron chi connectivity index (χ4n) is 3.54. The minimum absolute atomic E-state index is 0.102. The molecule has 8 nitrogen and oxygen atoms in total. The van der Waals surface area contributed by atoms with Crippen LogP contribution in [0.25, 0.3) is 10.8 Å². The number of phenolic OH excluding ortho intramolecular Hbond substituents is 1. The fraction of sp³-hybridized carbons (Fsp3) is 0.389. The van der Waals surface area contributed by atoms with Crippen molar-refractivity contribution in [2.45, 2.75) is 12.8 Å². The Morgan fingerprint density at radius 2 is 2.00 bits per heavy atom. The van der Waals surface area contributed by atoms with Crippen LogP contribution in [0.15, 0.2) is 24.3 Å². The van der Waals surface area contributed by atoms with E-state index < -0.39 is 39.9 Å². The number of hydrogen-bond acceptors (Lipinski definition) is 6. The lowest BCUT2D eigenvalue weighted by Gasteiger charge is -2.23. The number of hydrogen-bond donors (Lipinski definition) is 3. The average Bonchev–Trinajstić information content (AvgIpc) is 2.93. The third-order valence-electron chi connectivity index (χ3n) is 5.02. The molecule has 2 heterocycles. The first-order chi connectivity index (χ1) is 13.3. The molecule has 0 spiro atoms. The summed E-state index contributed by atoms with van der Waals surface area (Å²) < 4.78 is 47.3. The molecular weight excluding hydrogens is 389 g/mol. The number of rotatable bonds is 4. The monoisotopic (exact) mass is 409 g/mol. The zero-order valence-corrected chi connectivity index (χ0v) is 15.8. The van der Waals surface area contributed by atoms with Crippen LogP contribution in [0.1, 0.15) is 12.8 Å². The molecule has 2 aliphatic heterocycles. The Balaban J connectivity index is 1.67. The molecule has 0 unspecified atom stereocenters. The number of piperidine rings is 1. The number of nitrogens with one attached hydrogen (secondary N) is 2. The molecule has 150 valence electrons. The Hall–Kier alpha value is -2.59. The van der Waals surface area contributed by atoms with Gasteiger partial charge in [-0.3, -0.25) is 4.79 Å². The number of phenols is 1. The smallest absolute Gasteiger partial charge is 0.326 e. The summed E-state index contributed by atoms with van der Waals surface area (Å²) in [7, 11) is -4.24. The second-order valence-electron chi connectivity index (χ2n) is 6.98. The van der Waals surface area contributed by atoms with Gasteiger partial charge in [-0.15, -0.1) is 0 Å². The number of aromatic hydroxyl groups is 1. The van der Waals surface area contributed by atoms with E-state index in [-0.39, 0.29) is 5.39 Å².